The number of nitrogens with one attached hydrogen (secondary N) is 2. The lowest BCUT2D eigenvalue weighted by Crippen LogP contribution is -2.37. The molecule has 1 aliphatic heterocycles. The molecular weight excluding hydrogens is 276 g/mol. The molecule has 0 aromatic heterocycles. The molecule has 108 valence electrons. The Morgan fingerprint density at radius 2 is 1.89 bits per heavy atom. The summed E-state index contributed by atoms with van der Waals surface area (Å²) in [7, 11) is -6.48. The van der Waals surface area contributed by atoms with Crippen LogP contribution in [0.5, 0.6) is 0 Å². The first-order chi connectivity index (χ1) is 8.29. The topological polar surface area (TPSA) is 92.3 Å². The summed E-state index contributed by atoms with van der Waals surface area (Å²) < 4.78 is 47.3. The van der Waals surface area contributed by atoms with Crippen molar-refractivity contribution in [1.29, 1.82) is 0 Å². The molecule has 0 aromatic rings. The predicted molar refractivity (Wildman–Crippen MR) is 71.8 cm³/mol. The van der Waals surface area contributed by atoms with Crippen LogP contribution in [0.4, 0.5) is 0 Å². The lowest BCUT2D eigenvalue weighted by atomic mass is 10.0. The van der Waals surface area contributed by atoms with Crippen LogP contribution in [0.1, 0.15) is 25.7 Å². The third-order valence-corrected chi connectivity index (χ3v) is 5.31. The van der Waals surface area contributed by atoms with E-state index in [1.165, 1.54) is 0 Å². The van der Waals surface area contributed by atoms with Gasteiger partial charge >= 0.3 is 0 Å². The summed E-state index contributed by atoms with van der Waals surface area (Å²) >= 11 is 0. The highest BCUT2D eigenvalue weighted by Crippen LogP contribution is 2.10. The van der Waals surface area contributed by atoms with Crippen molar-refractivity contribution in [3.8, 4) is 0 Å². The van der Waals surface area contributed by atoms with Crippen LogP contribution in [0, 0.1) is 0 Å². The van der Waals surface area contributed by atoms with Crippen molar-refractivity contribution in [3.05, 3.63) is 0 Å². The van der Waals surface area contributed by atoms with Crippen molar-refractivity contribution in [2.45, 2.75) is 31.7 Å². The van der Waals surface area contributed by atoms with Crippen LogP contribution in [-0.2, 0) is 19.9 Å². The number of rotatable bonds is 7. The standard InChI is InChI=1S/C10H22N2O4S2/c1-17(13,14)9-7-12-18(15,16)8-5-10-4-2-3-6-11-10/h10-12H,2-9H2,1H3. The van der Waals surface area contributed by atoms with Crippen molar-refractivity contribution in [3.63, 3.8) is 0 Å². The molecule has 2 N–H and O–H groups in total. The van der Waals surface area contributed by atoms with Crippen molar-refractivity contribution >= 4 is 19.9 Å². The lowest BCUT2D eigenvalue weighted by Gasteiger charge is -2.23. The van der Waals surface area contributed by atoms with Crippen molar-refractivity contribution in [2.24, 2.45) is 0 Å². The maximum Gasteiger partial charge on any atom is 0.211 e. The molecule has 6 nitrogen and oxygen atoms in total. The Morgan fingerprint density at radius 1 is 1.17 bits per heavy atom. The second-order valence-corrected chi connectivity index (χ2v) is 8.96. The second kappa shape index (κ2) is 6.83. The van der Waals surface area contributed by atoms with Gasteiger partial charge in [-0.1, -0.05) is 6.42 Å². The van der Waals surface area contributed by atoms with E-state index in [2.05, 4.69) is 10.0 Å². The molecule has 1 aliphatic rings. The third-order valence-electron chi connectivity index (χ3n) is 2.94. The largest absolute Gasteiger partial charge is 0.314 e. The fourth-order valence-electron chi connectivity index (χ4n) is 1.92. The molecular formula is C10H22N2O4S2. The van der Waals surface area contributed by atoms with E-state index in [1.807, 2.05) is 0 Å². The monoisotopic (exact) mass is 298 g/mol. The maximum atomic E-state index is 11.6. The zero-order chi connectivity index (χ0) is 13.6. The van der Waals surface area contributed by atoms with Crippen LogP contribution < -0.4 is 10.0 Å². The quantitative estimate of drug-likeness (QED) is 0.660. The van der Waals surface area contributed by atoms with E-state index in [9.17, 15) is 16.8 Å². The van der Waals surface area contributed by atoms with Gasteiger partial charge in [-0.15, -0.1) is 0 Å². The van der Waals surface area contributed by atoms with Crippen LogP contribution in [-0.4, -0.2) is 53.7 Å². The molecule has 0 spiro atoms. The van der Waals surface area contributed by atoms with E-state index in [4.69, 9.17) is 0 Å². The van der Waals surface area contributed by atoms with Crippen molar-refractivity contribution in [2.75, 3.05) is 30.9 Å². The number of sulfonamides is 1. The molecule has 1 saturated heterocycles. The van der Waals surface area contributed by atoms with Crippen molar-refractivity contribution in [1.82, 2.24) is 10.0 Å². The zero-order valence-electron chi connectivity index (χ0n) is 10.7. The Balaban J connectivity index is 2.26. The molecule has 0 amide bonds. The summed E-state index contributed by atoms with van der Waals surface area (Å²) in [5.41, 5.74) is 0. The van der Waals surface area contributed by atoms with E-state index in [1.54, 1.807) is 0 Å². The fourth-order valence-corrected chi connectivity index (χ4v) is 3.68. The van der Waals surface area contributed by atoms with Crippen molar-refractivity contribution < 1.29 is 16.8 Å². The van der Waals surface area contributed by atoms with E-state index in [0.29, 0.717) is 6.42 Å². The van der Waals surface area contributed by atoms with Crippen LogP contribution in [0.3, 0.4) is 0 Å². The first kappa shape index (κ1) is 15.9. The molecule has 0 bridgehead atoms. The van der Waals surface area contributed by atoms with Gasteiger partial charge in [-0.3, -0.25) is 0 Å². The molecule has 1 atom stereocenters. The highest BCUT2D eigenvalue weighted by Gasteiger charge is 2.17. The summed E-state index contributed by atoms with van der Waals surface area (Å²) in [5.74, 6) is -0.109. The average Bonchev–Trinajstić information content (AvgIpc) is 2.26. The average molecular weight is 298 g/mol. The summed E-state index contributed by atoms with van der Waals surface area (Å²) in [6.45, 7) is 0.908. The third kappa shape index (κ3) is 7.30. The Kier molecular flexibility index (Phi) is 6.03. The van der Waals surface area contributed by atoms with Gasteiger partial charge in [0.15, 0.2) is 0 Å². The Bertz CT molecular complexity index is 438. The molecule has 8 heteroatoms. The number of sulfone groups is 1. The molecule has 0 aliphatic carbocycles. The molecule has 18 heavy (non-hydrogen) atoms. The zero-order valence-corrected chi connectivity index (χ0v) is 12.3. The summed E-state index contributed by atoms with van der Waals surface area (Å²) in [4.78, 5) is 0. The molecule has 1 fully saturated rings. The van der Waals surface area contributed by atoms with E-state index in [0.717, 1.165) is 32.1 Å². The molecule has 1 unspecified atom stereocenters. The van der Waals surface area contributed by atoms with E-state index in [-0.39, 0.29) is 24.1 Å². The Labute approximate surface area is 110 Å². The van der Waals surface area contributed by atoms with Gasteiger partial charge < -0.3 is 5.32 Å². The minimum absolute atomic E-state index is 0.0424. The normalized spacial score (nSPS) is 21.9. The van der Waals surface area contributed by atoms with Crippen LogP contribution in [0.2, 0.25) is 0 Å². The van der Waals surface area contributed by atoms with Crippen LogP contribution >= 0.6 is 0 Å². The summed E-state index contributed by atoms with van der Waals surface area (Å²) in [6, 6.07) is 0.269. The maximum absolute atomic E-state index is 11.6. The summed E-state index contributed by atoms with van der Waals surface area (Å²) in [6.07, 6.45) is 4.97. The molecule has 0 saturated carbocycles. The molecule has 1 rings (SSSR count). The van der Waals surface area contributed by atoms with Gasteiger partial charge in [0.1, 0.15) is 9.84 Å². The Morgan fingerprint density at radius 3 is 2.44 bits per heavy atom. The van der Waals surface area contributed by atoms with E-state index >= 15 is 0 Å². The number of hydrogen-bond donors (Lipinski definition) is 2. The van der Waals surface area contributed by atoms with Gasteiger partial charge in [-0.05, 0) is 25.8 Å². The minimum atomic E-state index is -3.36. The Hall–Kier alpha value is -0.180. The van der Waals surface area contributed by atoms with Gasteiger partial charge in [0.25, 0.3) is 0 Å². The van der Waals surface area contributed by atoms with Gasteiger partial charge in [-0.2, -0.15) is 0 Å². The molecule has 1 heterocycles. The van der Waals surface area contributed by atoms with Gasteiger partial charge in [-0.25, -0.2) is 21.6 Å². The van der Waals surface area contributed by atoms with Crippen LogP contribution in [0.15, 0.2) is 0 Å². The van der Waals surface area contributed by atoms with Gasteiger partial charge in [0.05, 0.1) is 11.5 Å². The lowest BCUT2D eigenvalue weighted by molar-refractivity contribution is 0.392. The second-order valence-electron chi connectivity index (χ2n) is 4.78. The minimum Gasteiger partial charge on any atom is -0.314 e. The van der Waals surface area contributed by atoms with Crippen LogP contribution in [0.25, 0.3) is 0 Å². The SMILES string of the molecule is CS(=O)(=O)CCNS(=O)(=O)CCC1CCCCN1. The molecule has 0 radical (unpaired) electrons. The predicted octanol–water partition coefficient (Wildman–Crippen LogP) is -0.517. The van der Waals surface area contributed by atoms with Gasteiger partial charge in [0, 0.05) is 18.8 Å². The number of piperidine rings is 1. The first-order valence-corrected chi connectivity index (χ1v) is 9.88. The number of hydrogen-bond acceptors (Lipinski definition) is 5. The summed E-state index contributed by atoms with van der Waals surface area (Å²) in [5, 5.41) is 3.28. The highest BCUT2D eigenvalue weighted by molar-refractivity contribution is 7.91. The van der Waals surface area contributed by atoms with Gasteiger partial charge in [0.2, 0.25) is 10.0 Å². The molecule has 0 aromatic carbocycles. The fraction of sp³-hybridized carbons (Fsp3) is 1.00. The van der Waals surface area contributed by atoms with E-state index < -0.39 is 19.9 Å². The first-order valence-electron chi connectivity index (χ1n) is 6.17. The smallest absolute Gasteiger partial charge is 0.211 e. The highest BCUT2D eigenvalue weighted by atomic mass is 32.2.